The Morgan fingerprint density at radius 2 is 2.22 bits per heavy atom. The minimum Gasteiger partial charge on any atom is -0.370 e. The molecule has 3 rings (SSSR count). The number of halogens is 2. The van der Waals surface area contributed by atoms with E-state index in [1.807, 2.05) is 0 Å². The predicted molar refractivity (Wildman–Crippen MR) is 93.7 cm³/mol. The molecule has 0 radical (unpaired) electrons. The zero-order valence-electron chi connectivity index (χ0n) is 12.4. The third kappa shape index (κ3) is 2.91. The van der Waals surface area contributed by atoms with E-state index >= 15 is 0 Å². The first-order valence-corrected chi connectivity index (χ1v) is 8.88. The van der Waals surface area contributed by atoms with Gasteiger partial charge in [0.15, 0.2) is 12.3 Å². The van der Waals surface area contributed by atoms with Crippen LogP contribution >= 0.6 is 28.3 Å². The maximum atomic E-state index is 12.5. The summed E-state index contributed by atoms with van der Waals surface area (Å²) < 4.78 is 15.8. The van der Waals surface area contributed by atoms with Gasteiger partial charge in [-0.05, 0) is 35.2 Å². The van der Waals surface area contributed by atoms with Crippen molar-refractivity contribution in [3.63, 3.8) is 0 Å². The summed E-state index contributed by atoms with van der Waals surface area (Å²) in [6.07, 6.45) is 5.24. The first kappa shape index (κ1) is 16.5. The minimum atomic E-state index is -0.239. The van der Waals surface area contributed by atoms with Crippen molar-refractivity contribution < 1.29 is 8.68 Å². The molecule has 0 saturated carbocycles. The van der Waals surface area contributed by atoms with Crippen molar-refractivity contribution in [2.24, 2.45) is 5.41 Å². The molecule has 6 nitrogen and oxygen atoms in total. The van der Waals surface area contributed by atoms with Gasteiger partial charge in [-0.15, -0.1) is 3.89 Å². The Bertz CT molecular complexity index is 636. The van der Waals surface area contributed by atoms with Crippen LogP contribution in [0.15, 0.2) is 10.7 Å². The van der Waals surface area contributed by atoms with E-state index in [0.29, 0.717) is 11.4 Å². The first-order chi connectivity index (χ1) is 11.1. The van der Waals surface area contributed by atoms with Crippen LogP contribution in [-0.4, -0.2) is 36.7 Å². The van der Waals surface area contributed by atoms with Crippen LogP contribution in [0.2, 0.25) is 0 Å². The number of hydrogen-bond acceptors (Lipinski definition) is 6. The van der Waals surface area contributed by atoms with Gasteiger partial charge in [0.05, 0.1) is 21.1 Å². The summed E-state index contributed by atoms with van der Waals surface area (Å²) in [6, 6.07) is 0. The molecule has 0 aliphatic carbocycles. The highest BCUT2D eigenvalue weighted by molar-refractivity contribution is 9.10. The molecule has 23 heavy (non-hydrogen) atoms. The van der Waals surface area contributed by atoms with Crippen molar-refractivity contribution >= 4 is 51.9 Å². The molecule has 0 bridgehead atoms. The molecule has 2 saturated heterocycles. The van der Waals surface area contributed by atoms with Gasteiger partial charge in [-0.3, -0.25) is 9.52 Å². The monoisotopic (exact) mass is 401 g/mol. The highest BCUT2D eigenvalue weighted by Gasteiger charge is 2.44. The predicted octanol–water partition coefficient (Wildman–Crippen LogP) is 2.89. The third-order valence-corrected chi connectivity index (χ3v) is 5.58. The molecule has 2 aliphatic heterocycles. The molecule has 0 unspecified atom stereocenters. The van der Waals surface area contributed by atoms with Gasteiger partial charge in [-0.2, -0.15) is 0 Å². The maximum Gasteiger partial charge on any atom is 0.226 e. The van der Waals surface area contributed by atoms with Crippen LogP contribution in [0.3, 0.4) is 0 Å². The van der Waals surface area contributed by atoms with Gasteiger partial charge in [0.1, 0.15) is 5.82 Å². The van der Waals surface area contributed by atoms with Crippen LogP contribution in [0.5, 0.6) is 0 Å². The van der Waals surface area contributed by atoms with Gasteiger partial charge in [0, 0.05) is 32.0 Å². The van der Waals surface area contributed by atoms with Crippen molar-refractivity contribution in [2.75, 3.05) is 29.3 Å². The summed E-state index contributed by atoms with van der Waals surface area (Å²) in [5, 5.41) is 10.6. The fraction of sp³-hybridized carbons (Fsp3) is 0.500. The van der Waals surface area contributed by atoms with E-state index < -0.39 is 0 Å². The average molecular weight is 402 g/mol. The summed E-state index contributed by atoms with van der Waals surface area (Å²) in [5.41, 5.74) is 1.12. The number of aromatic nitrogens is 1. The molecule has 124 valence electrons. The Morgan fingerprint density at radius 1 is 1.48 bits per heavy atom. The van der Waals surface area contributed by atoms with Gasteiger partial charge in [-0.1, -0.05) is 0 Å². The molecule has 9 heteroatoms. The van der Waals surface area contributed by atoms with Crippen molar-refractivity contribution in [2.45, 2.75) is 19.3 Å². The van der Waals surface area contributed by atoms with Crippen molar-refractivity contribution in [1.82, 2.24) is 10.3 Å². The molecular weight excluding hydrogens is 385 g/mol. The van der Waals surface area contributed by atoms with Crippen molar-refractivity contribution in [3.05, 3.63) is 16.2 Å². The number of hydrogen-bond donors (Lipinski definition) is 3. The second-order valence-electron chi connectivity index (χ2n) is 5.81. The number of nitrogens with one attached hydrogen (secondary N) is 3. The summed E-state index contributed by atoms with van der Waals surface area (Å²) >= 11 is 3.44. The van der Waals surface area contributed by atoms with Gasteiger partial charge in [0.2, 0.25) is 5.91 Å². The van der Waals surface area contributed by atoms with Crippen LogP contribution in [-0.2, 0) is 4.79 Å². The van der Waals surface area contributed by atoms with Gasteiger partial charge in [0.25, 0.3) is 0 Å². The van der Waals surface area contributed by atoms with Crippen LogP contribution in [0.1, 0.15) is 24.8 Å². The normalized spacial score (nSPS) is 19.7. The number of amides is 1. The SMILES string of the molecule is N=Cc1c(NSF)ncc(Br)c1N1CCC2(CCNC2=O)CC1. The van der Waals surface area contributed by atoms with E-state index in [1.54, 1.807) is 6.20 Å². The van der Waals surface area contributed by atoms with E-state index in [-0.39, 0.29) is 23.7 Å². The number of rotatable bonds is 4. The van der Waals surface area contributed by atoms with Crippen LogP contribution in [0.4, 0.5) is 15.4 Å². The van der Waals surface area contributed by atoms with Crippen LogP contribution in [0.25, 0.3) is 0 Å². The van der Waals surface area contributed by atoms with Gasteiger partial charge < -0.3 is 15.6 Å². The maximum absolute atomic E-state index is 12.5. The molecule has 1 amide bonds. The lowest BCUT2D eigenvalue weighted by molar-refractivity contribution is -0.128. The summed E-state index contributed by atoms with van der Waals surface area (Å²) in [4.78, 5) is 18.3. The Morgan fingerprint density at radius 3 is 2.78 bits per heavy atom. The van der Waals surface area contributed by atoms with E-state index in [4.69, 9.17) is 5.41 Å². The molecular formula is C14H17BrFN5OS. The summed E-state index contributed by atoms with van der Waals surface area (Å²) in [6.45, 7) is 2.20. The second-order valence-corrected chi connectivity index (χ2v) is 7.03. The fourth-order valence-electron chi connectivity index (χ4n) is 3.42. The molecule has 0 atom stereocenters. The number of anilines is 2. The molecule has 1 aromatic heterocycles. The van der Waals surface area contributed by atoms with E-state index in [9.17, 15) is 8.68 Å². The molecule has 1 spiro atoms. The number of carbonyl (C=O) groups is 1. The number of carbonyl (C=O) groups excluding carboxylic acids is 1. The van der Waals surface area contributed by atoms with Gasteiger partial charge >= 0.3 is 0 Å². The van der Waals surface area contributed by atoms with Crippen LogP contribution in [0, 0.1) is 10.8 Å². The quantitative estimate of drug-likeness (QED) is 0.533. The molecule has 3 N–H and O–H groups in total. The Kier molecular flexibility index (Phi) is 4.77. The standard InChI is InChI=1S/C14H17BrFN5OS/c15-10-8-19-12(20-23-16)9(7-17)11(10)21-5-2-14(3-6-21)1-4-18-13(14)22/h7-8,17H,1-6H2,(H,18,22)(H,19,20). The minimum absolute atomic E-state index is 0.0415. The number of nitrogens with zero attached hydrogens (tertiary/aromatic N) is 2. The smallest absolute Gasteiger partial charge is 0.226 e. The number of pyridine rings is 1. The molecule has 1 aromatic rings. The fourth-order valence-corrected chi connectivity index (χ4v) is 4.22. The van der Waals surface area contributed by atoms with E-state index in [2.05, 4.69) is 35.9 Å². The lowest BCUT2D eigenvalue weighted by Gasteiger charge is -2.39. The molecule has 3 heterocycles. The van der Waals surface area contributed by atoms with E-state index in [0.717, 1.165) is 49.1 Å². The Hall–Kier alpha value is -1.35. The number of piperidine rings is 1. The largest absolute Gasteiger partial charge is 0.370 e. The Balaban J connectivity index is 1.87. The topological polar surface area (TPSA) is 81.1 Å². The Labute approximate surface area is 146 Å². The lowest BCUT2D eigenvalue weighted by atomic mass is 9.77. The molecule has 2 aliphatic rings. The molecule has 0 aromatic carbocycles. The van der Waals surface area contributed by atoms with Gasteiger partial charge in [-0.25, -0.2) is 4.98 Å². The zero-order valence-corrected chi connectivity index (χ0v) is 14.8. The lowest BCUT2D eigenvalue weighted by Crippen LogP contribution is -2.44. The third-order valence-electron chi connectivity index (χ3n) is 4.73. The van der Waals surface area contributed by atoms with Crippen molar-refractivity contribution in [3.8, 4) is 0 Å². The summed E-state index contributed by atoms with van der Waals surface area (Å²) in [5.74, 6) is 0.485. The van der Waals surface area contributed by atoms with E-state index in [1.165, 1.54) is 6.21 Å². The molecule has 2 fully saturated rings. The second kappa shape index (κ2) is 6.64. The zero-order chi connectivity index (χ0) is 16.4. The average Bonchev–Trinajstić information content (AvgIpc) is 2.90. The first-order valence-electron chi connectivity index (χ1n) is 7.37. The van der Waals surface area contributed by atoms with Crippen molar-refractivity contribution in [1.29, 1.82) is 5.41 Å². The van der Waals surface area contributed by atoms with Crippen LogP contribution < -0.4 is 14.9 Å². The highest BCUT2D eigenvalue weighted by Crippen LogP contribution is 2.42. The summed E-state index contributed by atoms with van der Waals surface area (Å²) in [7, 11) is 0. The highest BCUT2D eigenvalue weighted by atomic mass is 79.9.